The smallest absolute Gasteiger partial charge is 0.239 e. The van der Waals surface area contributed by atoms with Crippen molar-refractivity contribution in [2.24, 2.45) is 5.92 Å². The number of nitrogens with one attached hydrogen (secondary N) is 1. The first-order valence-corrected chi connectivity index (χ1v) is 6.45. The third kappa shape index (κ3) is 3.38. The molecule has 19 heavy (non-hydrogen) atoms. The van der Waals surface area contributed by atoms with Crippen molar-refractivity contribution >= 4 is 11.7 Å². The lowest BCUT2D eigenvalue weighted by Gasteiger charge is -2.21. The summed E-state index contributed by atoms with van der Waals surface area (Å²) >= 11 is 0. The summed E-state index contributed by atoms with van der Waals surface area (Å²) in [6.07, 6.45) is 4.04. The van der Waals surface area contributed by atoms with Gasteiger partial charge in [-0.3, -0.25) is 14.6 Å². The van der Waals surface area contributed by atoms with Gasteiger partial charge >= 0.3 is 0 Å². The van der Waals surface area contributed by atoms with E-state index in [4.69, 9.17) is 0 Å². The van der Waals surface area contributed by atoms with Gasteiger partial charge in [0.2, 0.25) is 5.91 Å². The van der Waals surface area contributed by atoms with E-state index in [0.717, 1.165) is 5.56 Å². The first-order chi connectivity index (χ1) is 9.08. The molecule has 1 saturated heterocycles. The molecular weight excluding hydrogens is 242 g/mol. The number of likely N-dealkylation sites (N-methyl/N-ethyl adjacent to an activating group) is 1. The van der Waals surface area contributed by atoms with Crippen LogP contribution >= 0.6 is 0 Å². The number of ketones is 1. The SMILES string of the molecule is CC(=O)C1CNC(C(=O)N(C)Cc2ccncc2)C1. The molecule has 1 aromatic heterocycles. The average Bonchev–Trinajstić information content (AvgIpc) is 2.88. The molecule has 0 radical (unpaired) electrons. The van der Waals surface area contributed by atoms with Crippen molar-refractivity contribution in [2.45, 2.75) is 25.9 Å². The van der Waals surface area contributed by atoms with Crippen molar-refractivity contribution in [2.75, 3.05) is 13.6 Å². The molecule has 1 fully saturated rings. The molecule has 2 atom stereocenters. The molecule has 2 rings (SSSR count). The number of nitrogens with zero attached hydrogens (tertiary/aromatic N) is 2. The maximum atomic E-state index is 12.3. The molecule has 1 amide bonds. The fourth-order valence-corrected chi connectivity index (χ4v) is 2.34. The Labute approximate surface area is 113 Å². The fraction of sp³-hybridized carbons (Fsp3) is 0.500. The first kappa shape index (κ1) is 13.7. The van der Waals surface area contributed by atoms with Gasteiger partial charge in [0.1, 0.15) is 5.78 Å². The Hall–Kier alpha value is -1.75. The number of carbonyl (C=O) groups is 2. The molecule has 0 saturated carbocycles. The second-order valence-corrected chi connectivity index (χ2v) is 5.05. The Morgan fingerprint density at radius 2 is 2.11 bits per heavy atom. The number of Topliss-reactive ketones (excluding diaryl/α,β-unsaturated/α-hetero) is 1. The Kier molecular flexibility index (Phi) is 4.27. The zero-order valence-electron chi connectivity index (χ0n) is 11.3. The number of carbonyl (C=O) groups excluding carboxylic acids is 2. The van der Waals surface area contributed by atoms with Crippen molar-refractivity contribution in [3.05, 3.63) is 30.1 Å². The molecule has 5 heteroatoms. The Balaban J connectivity index is 1.91. The minimum Gasteiger partial charge on any atom is -0.340 e. The maximum Gasteiger partial charge on any atom is 0.239 e. The molecule has 0 spiro atoms. The number of hydrogen-bond acceptors (Lipinski definition) is 4. The van der Waals surface area contributed by atoms with Gasteiger partial charge in [0.15, 0.2) is 0 Å². The van der Waals surface area contributed by atoms with E-state index >= 15 is 0 Å². The van der Waals surface area contributed by atoms with Gasteiger partial charge in [-0.05, 0) is 31.0 Å². The van der Waals surface area contributed by atoms with Gasteiger partial charge in [0.25, 0.3) is 0 Å². The van der Waals surface area contributed by atoms with Crippen molar-refractivity contribution in [1.82, 2.24) is 15.2 Å². The summed E-state index contributed by atoms with van der Waals surface area (Å²) in [5.41, 5.74) is 1.05. The third-order valence-electron chi connectivity index (χ3n) is 3.55. The summed E-state index contributed by atoms with van der Waals surface area (Å²) in [7, 11) is 1.78. The molecule has 102 valence electrons. The largest absolute Gasteiger partial charge is 0.340 e. The number of hydrogen-bond donors (Lipinski definition) is 1. The molecule has 2 heterocycles. The van der Waals surface area contributed by atoms with Crippen LogP contribution in [0.4, 0.5) is 0 Å². The van der Waals surface area contributed by atoms with Crippen molar-refractivity contribution in [3.63, 3.8) is 0 Å². The van der Waals surface area contributed by atoms with Crippen LogP contribution in [-0.2, 0) is 16.1 Å². The van der Waals surface area contributed by atoms with E-state index in [1.54, 1.807) is 31.3 Å². The van der Waals surface area contributed by atoms with Gasteiger partial charge in [-0.25, -0.2) is 0 Å². The number of pyridine rings is 1. The monoisotopic (exact) mass is 261 g/mol. The average molecular weight is 261 g/mol. The highest BCUT2D eigenvalue weighted by molar-refractivity contribution is 5.85. The van der Waals surface area contributed by atoms with Crippen LogP contribution in [0.2, 0.25) is 0 Å². The topological polar surface area (TPSA) is 62.3 Å². The highest BCUT2D eigenvalue weighted by atomic mass is 16.2. The zero-order chi connectivity index (χ0) is 13.8. The summed E-state index contributed by atoms with van der Waals surface area (Å²) in [4.78, 5) is 29.2. The van der Waals surface area contributed by atoms with Gasteiger partial charge in [-0.15, -0.1) is 0 Å². The summed E-state index contributed by atoms with van der Waals surface area (Å²) in [5.74, 6) is 0.170. The van der Waals surface area contributed by atoms with E-state index in [0.29, 0.717) is 19.5 Å². The molecular formula is C14H19N3O2. The second kappa shape index (κ2) is 5.93. The molecule has 1 N–H and O–H groups in total. The molecule has 0 aromatic carbocycles. The van der Waals surface area contributed by atoms with E-state index < -0.39 is 0 Å². The van der Waals surface area contributed by atoms with Crippen LogP contribution in [0, 0.1) is 5.92 Å². The number of aromatic nitrogens is 1. The minimum absolute atomic E-state index is 0.0247. The highest BCUT2D eigenvalue weighted by Crippen LogP contribution is 2.17. The van der Waals surface area contributed by atoms with Gasteiger partial charge in [-0.2, -0.15) is 0 Å². The zero-order valence-corrected chi connectivity index (χ0v) is 11.3. The van der Waals surface area contributed by atoms with Gasteiger partial charge < -0.3 is 10.2 Å². The number of rotatable bonds is 4. The Morgan fingerprint density at radius 1 is 1.42 bits per heavy atom. The van der Waals surface area contributed by atoms with E-state index in [9.17, 15) is 9.59 Å². The van der Waals surface area contributed by atoms with Gasteiger partial charge in [0, 0.05) is 38.4 Å². The molecule has 1 aliphatic heterocycles. The van der Waals surface area contributed by atoms with Gasteiger partial charge in [-0.1, -0.05) is 0 Å². The molecule has 5 nitrogen and oxygen atoms in total. The standard InChI is InChI=1S/C14H19N3O2/c1-10(18)12-7-13(16-8-12)14(19)17(2)9-11-3-5-15-6-4-11/h3-6,12-13,16H,7-9H2,1-2H3. The van der Waals surface area contributed by atoms with Crippen LogP contribution < -0.4 is 5.32 Å². The van der Waals surface area contributed by atoms with Crippen LogP contribution in [-0.4, -0.2) is 41.2 Å². The van der Waals surface area contributed by atoms with Crippen molar-refractivity contribution < 1.29 is 9.59 Å². The Bertz CT molecular complexity index is 461. The summed E-state index contributed by atoms with van der Waals surface area (Å²) in [6, 6.07) is 3.55. The van der Waals surface area contributed by atoms with Crippen LogP contribution in [0.5, 0.6) is 0 Å². The van der Waals surface area contributed by atoms with Crippen molar-refractivity contribution in [3.8, 4) is 0 Å². The lowest BCUT2D eigenvalue weighted by Crippen LogP contribution is -2.41. The highest BCUT2D eigenvalue weighted by Gasteiger charge is 2.33. The predicted octanol–water partition coefficient (Wildman–Crippen LogP) is 0.607. The summed E-state index contributed by atoms with van der Waals surface area (Å²) < 4.78 is 0. The first-order valence-electron chi connectivity index (χ1n) is 6.45. The third-order valence-corrected chi connectivity index (χ3v) is 3.55. The molecule has 1 aliphatic rings. The lowest BCUT2D eigenvalue weighted by atomic mass is 10.0. The van der Waals surface area contributed by atoms with Gasteiger partial charge in [0.05, 0.1) is 6.04 Å². The fourth-order valence-electron chi connectivity index (χ4n) is 2.34. The minimum atomic E-state index is -0.235. The molecule has 0 bridgehead atoms. The predicted molar refractivity (Wildman–Crippen MR) is 71.3 cm³/mol. The van der Waals surface area contributed by atoms with E-state index in [-0.39, 0.29) is 23.7 Å². The van der Waals surface area contributed by atoms with E-state index in [2.05, 4.69) is 10.3 Å². The quantitative estimate of drug-likeness (QED) is 0.862. The van der Waals surface area contributed by atoms with E-state index in [1.165, 1.54) is 0 Å². The summed E-state index contributed by atoms with van der Waals surface area (Å²) in [6.45, 7) is 2.75. The Morgan fingerprint density at radius 3 is 2.68 bits per heavy atom. The molecule has 2 unspecified atom stereocenters. The van der Waals surface area contributed by atoms with Crippen LogP contribution in [0.3, 0.4) is 0 Å². The van der Waals surface area contributed by atoms with E-state index in [1.807, 2.05) is 12.1 Å². The molecule has 1 aromatic rings. The number of amides is 1. The molecule has 0 aliphatic carbocycles. The second-order valence-electron chi connectivity index (χ2n) is 5.05. The van der Waals surface area contributed by atoms with Crippen molar-refractivity contribution in [1.29, 1.82) is 0 Å². The van der Waals surface area contributed by atoms with Crippen LogP contribution in [0.25, 0.3) is 0 Å². The lowest BCUT2D eigenvalue weighted by molar-refractivity contribution is -0.132. The normalized spacial score (nSPS) is 22.2. The van der Waals surface area contributed by atoms with Crippen LogP contribution in [0.1, 0.15) is 18.9 Å². The van der Waals surface area contributed by atoms with Crippen LogP contribution in [0.15, 0.2) is 24.5 Å². The summed E-state index contributed by atoms with van der Waals surface area (Å²) in [5, 5.41) is 3.13. The maximum absolute atomic E-state index is 12.3.